The minimum Gasteiger partial charge on any atom is -0.383 e. The molecule has 2 aromatic heterocycles. The number of carbonyl (C=O) groups is 1. The highest BCUT2D eigenvalue weighted by atomic mass is 35.5. The summed E-state index contributed by atoms with van der Waals surface area (Å²) >= 11 is 8.79. The SMILES string of the molecule is CCC[C@H]1Cc2c(sc3nc(SCC(=O)c4ccc(Cl)cc4)nc(N)c23)CO1. The molecule has 0 fully saturated rings. The van der Waals surface area contributed by atoms with Crippen LogP contribution in [-0.4, -0.2) is 27.6 Å². The molecule has 0 amide bonds. The molecule has 1 atom stereocenters. The maximum absolute atomic E-state index is 12.4. The van der Waals surface area contributed by atoms with Gasteiger partial charge in [0.05, 0.1) is 23.8 Å². The number of halogens is 1. The van der Waals surface area contributed by atoms with Crippen molar-refractivity contribution in [3.05, 3.63) is 45.3 Å². The number of nitrogens with zero attached hydrogens (tertiary/aromatic N) is 2. The Morgan fingerprint density at radius 1 is 1.36 bits per heavy atom. The smallest absolute Gasteiger partial charge is 0.191 e. The maximum Gasteiger partial charge on any atom is 0.191 e. The van der Waals surface area contributed by atoms with Crippen LogP contribution in [0.5, 0.6) is 0 Å². The van der Waals surface area contributed by atoms with Crippen molar-refractivity contribution in [3.63, 3.8) is 0 Å². The van der Waals surface area contributed by atoms with Crippen molar-refractivity contribution in [2.75, 3.05) is 11.5 Å². The summed E-state index contributed by atoms with van der Waals surface area (Å²) < 4.78 is 5.94. The lowest BCUT2D eigenvalue weighted by molar-refractivity contribution is 0.0254. The zero-order chi connectivity index (χ0) is 19.7. The molecule has 8 heteroatoms. The average molecular weight is 434 g/mol. The molecule has 2 N–H and O–H groups in total. The van der Waals surface area contributed by atoms with Gasteiger partial charge in [-0.15, -0.1) is 11.3 Å². The first kappa shape index (κ1) is 19.6. The number of fused-ring (bicyclic) bond motifs is 3. The van der Waals surface area contributed by atoms with Crippen molar-refractivity contribution >= 4 is 56.5 Å². The van der Waals surface area contributed by atoms with Crippen molar-refractivity contribution in [3.8, 4) is 0 Å². The number of carbonyl (C=O) groups excluding carboxylic acids is 1. The van der Waals surface area contributed by atoms with E-state index in [9.17, 15) is 4.79 Å². The molecule has 1 aliphatic heterocycles. The van der Waals surface area contributed by atoms with Gasteiger partial charge in [0.15, 0.2) is 10.9 Å². The van der Waals surface area contributed by atoms with Crippen LogP contribution in [0, 0.1) is 0 Å². The standard InChI is InChI=1S/C20H20ClN3O2S2/c1-2-3-13-8-14-16(9-26-13)28-19-17(14)18(22)23-20(24-19)27-10-15(25)11-4-6-12(21)7-5-11/h4-7,13H,2-3,8-10H2,1H3,(H2,22,23,24)/t13-/m0/s1. The van der Waals surface area contributed by atoms with Gasteiger partial charge in [0.1, 0.15) is 10.6 Å². The number of anilines is 1. The van der Waals surface area contributed by atoms with Crippen LogP contribution >= 0.6 is 34.7 Å². The second kappa shape index (κ2) is 8.37. The maximum atomic E-state index is 12.4. The van der Waals surface area contributed by atoms with Crippen molar-refractivity contribution in [2.24, 2.45) is 0 Å². The van der Waals surface area contributed by atoms with Crippen LogP contribution in [-0.2, 0) is 17.8 Å². The number of hydrogen-bond donors (Lipinski definition) is 1. The first-order valence-electron chi connectivity index (χ1n) is 9.16. The first-order valence-corrected chi connectivity index (χ1v) is 11.3. The highest BCUT2D eigenvalue weighted by Crippen LogP contribution is 2.39. The molecule has 1 aromatic carbocycles. The quantitative estimate of drug-likeness (QED) is 0.329. The molecule has 0 bridgehead atoms. The lowest BCUT2D eigenvalue weighted by Crippen LogP contribution is -2.21. The van der Waals surface area contributed by atoms with Gasteiger partial charge in [0.25, 0.3) is 0 Å². The van der Waals surface area contributed by atoms with Gasteiger partial charge in [-0.05, 0) is 36.2 Å². The summed E-state index contributed by atoms with van der Waals surface area (Å²) in [5.41, 5.74) is 8.14. The summed E-state index contributed by atoms with van der Waals surface area (Å²) in [6.07, 6.45) is 3.23. The Bertz CT molecular complexity index is 1020. The van der Waals surface area contributed by atoms with Crippen molar-refractivity contribution < 1.29 is 9.53 Å². The number of aromatic nitrogens is 2. The Labute approximate surface area is 176 Å². The zero-order valence-electron chi connectivity index (χ0n) is 15.4. The highest BCUT2D eigenvalue weighted by molar-refractivity contribution is 7.99. The molecule has 3 aromatic rings. The number of nitrogen functional groups attached to an aromatic ring is 1. The molecule has 146 valence electrons. The van der Waals surface area contributed by atoms with Gasteiger partial charge < -0.3 is 10.5 Å². The number of rotatable bonds is 6. The molecule has 1 aliphatic rings. The van der Waals surface area contributed by atoms with E-state index in [2.05, 4.69) is 16.9 Å². The molecule has 0 spiro atoms. The predicted octanol–water partition coefficient (Wildman–Crippen LogP) is 5.14. The van der Waals surface area contributed by atoms with E-state index in [1.54, 1.807) is 35.6 Å². The van der Waals surface area contributed by atoms with Crippen LogP contribution in [0.2, 0.25) is 5.02 Å². The topological polar surface area (TPSA) is 78.1 Å². The molecular weight excluding hydrogens is 414 g/mol. The van der Waals surface area contributed by atoms with Gasteiger partial charge in [0.2, 0.25) is 0 Å². The summed E-state index contributed by atoms with van der Waals surface area (Å²) in [5.74, 6) is 0.741. The number of ketones is 1. The predicted molar refractivity (Wildman–Crippen MR) is 116 cm³/mol. The number of benzene rings is 1. The Balaban J connectivity index is 1.53. The van der Waals surface area contributed by atoms with E-state index in [4.69, 9.17) is 22.1 Å². The van der Waals surface area contributed by atoms with Crippen LogP contribution in [0.25, 0.3) is 10.2 Å². The third kappa shape index (κ3) is 4.03. The molecule has 4 rings (SSSR count). The monoisotopic (exact) mass is 433 g/mol. The molecule has 0 saturated carbocycles. The van der Waals surface area contributed by atoms with Crippen LogP contribution < -0.4 is 5.73 Å². The van der Waals surface area contributed by atoms with E-state index in [1.807, 2.05) is 0 Å². The minimum absolute atomic E-state index is 0.00483. The molecule has 0 saturated heterocycles. The van der Waals surface area contributed by atoms with Crippen LogP contribution in [0.1, 0.15) is 40.6 Å². The third-order valence-corrected chi connectivity index (χ3v) is 6.93. The Kier molecular flexibility index (Phi) is 5.87. The van der Waals surface area contributed by atoms with E-state index >= 15 is 0 Å². The van der Waals surface area contributed by atoms with Crippen LogP contribution in [0.4, 0.5) is 5.82 Å². The average Bonchev–Trinajstić information content (AvgIpc) is 3.05. The lowest BCUT2D eigenvalue weighted by atomic mass is 10.0. The van der Waals surface area contributed by atoms with Crippen molar-refractivity contribution in [2.45, 2.75) is 44.1 Å². The van der Waals surface area contributed by atoms with Crippen LogP contribution in [0.15, 0.2) is 29.4 Å². The summed E-state index contributed by atoms with van der Waals surface area (Å²) in [7, 11) is 0. The number of thiophene rings is 1. The summed E-state index contributed by atoms with van der Waals surface area (Å²) in [6.45, 7) is 2.77. The van der Waals surface area contributed by atoms with Gasteiger partial charge >= 0.3 is 0 Å². The lowest BCUT2D eigenvalue weighted by Gasteiger charge is -2.22. The Hall–Kier alpha value is -1.67. The molecule has 0 aliphatic carbocycles. The molecule has 28 heavy (non-hydrogen) atoms. The minimum atomic E-state index is 0.00483. The Morgan fingerprint density at radius 2 is 2.14 bits per heavy atom. The number of nitrogens with two attached hydrogens (primary N) is 1. The zero-order valence-corrected chi connectivity index (χ0v) is 17.8. The molecule has 5 nitrogen and oxygen atoms in total. The molecule has 0 radical (unpaired) electrons. The summed E-state index contributed by atoms with van der Waals surface area (Å²) in [4.78, 5) is 23.5. The van der Waals surface area contributed by atoms with Gasteiger partial charge in [-0.2, -0.15) is 0 Å². The normalized spacial score (nSPS) is 16.3. The molecule has 3 heterocycles. The number of ether oxygens (including phenoxy) is 1. The number of hydrogen-bond acceptors (Lipinski definition) is 7. The fourth-order valence-electron chi connectivity index (χ4n) is 3.35. The van der Waals surface area contributed by atoms with E-state index in [0.29, 0.717) is 28.2 Å². The van der Waals surface area contributed by atoms with Gasteiger partial charge in [0, 0.05) is 21.9 Å². The second-order valence-corrected chi connectivity index (χ2v) is 9.18. The molecular formula is C20H20ClN3O2S2. The fourth-order valence-corrected chi connectivity index (χ4v) is 5.41. The molecule has 0 unspecified atom stereocenters. The fraction of sp³-hybridized carbons (Fsp3) is 0.350. The largest absolute Gasteiger partial charge is 0.383 e. The second-order valence-electron chi connectivity index (χ2n) is 6.72. The van der Waals surface area contributed by atoms with E-state index < -0.39 is 0 Å². The van der Waals surface area contributed by atoms with Gasteiger partial charge in [-0.1, -0.05) is 36.7 Å². The third-order valence-electron chi connectivity index (χ3n) is 4.73. The van der Waals surface area contributed by atoms with Gasteiger partial charge in [-0.3, -0.25) is 4.79 Å². The van der Waals surface area contributed by atoms with Crippen molar-refractivity contribution in [1.82, 2.24) is 9.97 Å². The summed E-state index contributed by atoms with van der Waals surface area (Å²) in [5, 5.41) is 2.09. The number of thioether (sulfide) groups is 1. The Morgan fingerprint density at radius 3 is 2.89 bits per heavy atom. The van der Waals surface area contributed by atoms with E-state index in [0.717, 1.165) is 29.5 Å². The van der Waals surface area contributed by atoms with E-state index in [-0.39, 0.29) is 17.6 Å². The highest BCUT2D eigenvalue weighted by Gasteiger charge is 2.25. The van der Waals surface area contributed by atoms with Crippen LogP contribution in [0.3, 0.4) is 0 Å². The first-order chi connectivity index (χ1) is 13.5. The number of Topliss-reactive ketones (excluding diaryl/α,β-unsaturated/α-hetero) is 1. The van der Waals surface area contributed by atoms with Crippen molar-refractivity contribution in [1.29, 1.82) is 0 Å². The summed E-state index contributed by atoms with van der Waals surface area (Å²) in [6, 6.07) is 6.88. The van der Waals surface area contributed by atoms with Gasteiger partial charge in [-0.25, -0.2) is 9.97 Å². The van der Waals surface area contributed by atoms with E-state index in [1.165, 1.54) is 22.2 Å².